The van der Waals surface area contributed by atoms with Crippen LogP contribution < -0.4 is 10.6 Å². The summed E-state index contributed by atoms with van der Waals surface area (Å²) in [7, 11) is -0.297. The average Bonchev–Trinajstić information content (AvgIpc) is 2.73. The van der Waals surface area contributed by atoms with E-state index in [9.17, 15) is 8.42 Å². The Balaban J connectivity index is 2.55. The van der Waals surface area contributed by atoms with Crippen molar-refractivity contribution in [1.82, 2.24) is 4.31 Å². The van der Waals surface area contributed by atoms with E-state index < -0.39 is 10.0 Å². The molecule has 1 aliphatic heterocycles. The Hall–Kier alpha value is -1.11. The largest absolute Gasteiger partial charge is 0.369 e. The van der Waals surface area contributed by atoms with Crippen molar-refractivity contribution in [2.75, 3.05) is 38.6 Å². The molecule has 0 fully saturated rings. The minimum Gasteiger partial charge on any atom is -0.369 e. The number of rotatable bonds is 4. The lowest BCUT2D eigenvalue weighted by atomic mass is 10.2. The van der Waals surface area contributed by atoms with Gasteiger partial charge < -0.3 is 10.6 Å². The zero-order valence-electron chi connectivity index (χ0n) is 10.8. The fraction of sp³-hybridized carbons (Fsp3) is 0.500. The Kier molecular flexibility index (Phi) is 3.61. The Bertz CT molecular complexity index is 538. The molecule has 5 nitrogen and oxygen atoms in total. The second kappa shape index (κ2) is 4.87. The molecule has 0 atom stereocenters. The van der Waals surface area contributed by atoms with Crippen LogP contribution in [0.2, 0.25) is 0 Å². The highest BCUT2D eigenvalue weighted by Gasteiger charge is 2.29. The predicted octanol–water partition coefficient (Wildman–Crippen LogP) is 0.258. The minimum atomic E-state index is -3.40. The zero-order valence-corrected chi connectivity index (χ0v) is 11.6. The Morgan fingerprint density at radius 2 is 2.11 bits per heavy atom. The van der Waals surface area contributed by atoms with Gasteiger partial charge in [0.15, 0.2) is 0 Å². The van der Waals surface area contributed by atoms with Crippen LogP contribution in [0, 0.1) is 0 Å². The van der Waals surface area contributed by atoms with Crippen LogP contribution in [0.15, 0.2) is 23.1 Å². The number of benzene rings is 1. The van der Waals surface area contributed by atoms with E-state index in [0.717, 1.165) is 24.2 Å². The lowest BCUT2D eigenvalue weighted by Gasteiger charge is -2.22. The van der Waals surface area contributed by atoms with Crippen LogP contribution in [-0.4, -0.2) is 46.5 Å². The summed E-state index contributed by atoms with van der Waals surface area (Å²) in [5, 5.41) is 0. The van der Waals surface area contributed by atoms with Gasteiger partial charge in [0, 0.05) is 33.7 Å². The van der Waals surface area contributed by atoms with Gasteiger partial charge in [0.1, 0.15) is 4.90 Å². The summed E-state index contributed by atoms with van der Waals surface area (Å²) in [6.07, 6.45) is 0.881. The Morgan fingerprint density at radius 1 is 1.39 bits per heavy atom. The van der Waals surface area contributed by atoms with Gasteiger partial charge in [-0.3, -0.25) is 0 Å². The van der Waals surface area contributed by atoms with E-state index in [1.807, 2.05) is 6.07 Å². The number of hydrogen-bond donors (Lipinski definition) is 1. The Morgan fingerprint density at radius 3 is 2.72 bits per heavy atom. The molecule has 1 aliphatic rings. The van der Waals surface area contributed by atoms with E-state index in [1.165, 1.54) is 4.31 Å². The van der Waals surface area contributed by atoms with Crippen molar-refractivity contribution in [3.8, 4) is 0 Å². The van der Waals surface area contributed by atoms with Crippen LogP contribution >= 0.6 is 0 Å². The van der Waals surface area contributed by atoms with Gasteiger partial charge in [-0.1, -0.05) is 12.1 Å². The third-order valence-corrected chi connectivity index (χ3v) is 5.05. The summed E-state index contributed by atoms with van der Waals surface area (Å²) in [4.78, 5) is 2.45. The molecule has 2 N–H and O–H groups in total. The maximum absolute atomic E-state index is 12.3. The molecule has 100 valence electrons. The van der Waals surface area contributed by atoms with Crippen molar-refractivity contribution in [3.05, 3.63) is 23.8 Å². The van der Waals surface area contributed by atoms with Crippen molar-refractivity contribution in [2.45, 2.75) is 11.3 Å². The molecule has 0 spiro atoms. The van der Waals surface area contributed by atoms with Gasteiger partial charge in [0.2, 0.25) is 10.0 Å². The summed E-state index contributed by atoms with van der Waals surface area (Å²) in [5.41, 5.74) is 7.50. The molecule has 1 aromatic carbocycles. The number of para-hydroxylation sites is 1. The monoisotopic (exact) mass is 269 g/mol. The van der Waals surface area contributed by atoms with Crippen LogP contribution in [0.5, 0.6) is 0 Å². The maximum Gasteiger partial charge on any atom is 0.244 e. The standard InChI is InChI=1S/C12H19N3O2S/c1-14(2)18(16,17)11-5-3-4-10-6-8-15(9-7-13)12(10)11/h3-5H,6-9,13H2,1-2H3. The SMILES string of the molecule is CN(C)S(=O)(=O)c1cccc2c1N(CCN)CC2. The second-order valence-electron chi connectivity index (χ2n) is 4.58. The molecule has 18 heavy (non-hydrogen) atoms. The number of nitrogens with two attached hydrogens (primary N) is 1. The third kappa shape index (κ3) is 2.11. The van der Waals surface area contributed by atoms with E-state index in [4.69, 9.17) is 5.73 Å². The molecule has 2 rings (SSSR count). The van der Waals surface area contributed by atoms with E-state index in [0.29, 0.717) is 18.0 Å². The highest BCUT2D eigenvalue weighted by atomic mass is 32.2. The first-order valence-electron chi connectivity index (χ1n) is 5.98. The number of anilines is 1. The Labute approximate surface area is 108 Å². The third-order valence-electron chi connectivity index (χ3n) is 3.21. The first-order chi connectivity index (χ1) is 8.48. The van der Waals surface area contributed by atoms with Gasteiger partial charge >= 0.3 is 0 Å². The van der Waals surface area contributed by atoms with Crippen molar-refractivity contribution in [3.63, 3.8) is 0 Å². The molecule has 0 unspecified atom stereocenters. The van der Waals surface area contributed by atoms with Gasteiger partial charge in [0.25, 0.3) is 0 Å². The van der Waals surface area contributed by atoms with Crippen LogP contribution in [0.3, 0.4) is 0 Å². The fourth-order valence-corrected chi connectivity index (χ4v) is 3.43. The van der Waals surface area contributed by atoms with Gasteiger partial charge in [-0.15, -0.1) is 0 Å². The average molecular weight is 269 g/mol. The van der Waals surface area contributed by atoms with Crippen molar-refractivity contribution < 1.29 is 8.42 Å². The zero-order chi connectivity index (χ0) is 13.3. The van der Waals surface area contributed by atoms with Gasteiger partial charge in [-0.05, 0) is 18.1 Å². The molecular formula is C12H19N3O2S. The summed E-state index contributed by atoms with van der Waals surface area (Å²) >= 11 is 0. The maximum atomic E-state index is 12.3. The molecule has 6 heteroatoms. The molecule has 0 saturated carbocycles. The number of nitrogens with zero attached hydrogens (tertiary/aromatic N) is 2. The van der Waals surface area contributed by atoms with Crippen LogP contribution in [-0.2, 0) is 16.4 Å². The summed E-state index contributed by atoms with van der Waals surface area (Å²) < 4.78 is 25.9. The van der Waals surface area contributed by atoms with E-state index in [2.05, 4.69) is 4.90 Å². The smallest absolute Gasteiger partial charge is 0.244 e. The van der Waals surface area contributed by atoms with Crippen LogP contribution in [0.4, 0.5) is 5.69 Å². The first-order valence-corrected chi connectivity index (χ1v) is 7.42. The fourth-order valence-electron chi connectivity index (χ4n) is 2.28. The molecular weight excluding hydrogens is 250 g/mol. The van der Waals surface area contributed by atoms with Crippen molar-refractivity contribution in [1.29, 1.82) is 0 Å². The summed E-state index contributed by atoms with van der Waals surface area (Å²) in [6.45, 7) is 2.05. The molecule has 0 saturated heterocycles. The van der Waals surface area contributed by atoms with E-state index in [-0.39, 0.29) is 0 Å². The van der Waals surface area contributed by atoms with E-state index in [1.54, 1.807) is 26.2 Å². The second-order valence-corrected chi connectivity index (χ2v) is 6.70. The molecule has 0 radical (unpaired) electrons. The molecule has 0 bridgehead atoms. The highest BCUT2D eigenvalue weighted by molar-refractivity contribution is 7.89. The van der Waals surface area contributed by atoms with Crippen molar-refractivity contribution in [2.24, 2.45) is 5.73 Å². The molecule has 0 amide bonds. The van der Waals surface area contributed by atoms with Crippen LogP contribution in [0.1, 0.15) is 5.56 Å². The molecule has 0 aromatic heterocycles. The minimum absolute atomic E-state index is 0.385. The van der Waals surface area contributed by atoms with Crippen molar-refractivity contribution >= 4 is 15.7 Å². The molecule has 1 aromatic rings. The quantitative estimate of drug-likeness (QED) is 0.851. The summed E-state index contributed by atoms with van der Waals surface area (Å²) in [6, 6.07) is 5.46. The number of hydrogen-bond acceptors (Lipinski definition) is 4. The topological polar surface area (TPSA) is 66.6 Å². The van der Waals surface area contributed by atoms with E-state index >= 15 is 0 Å². The molecule has 1 heterocycles. The number of fused-ring (bicyclic) bond motifs is 1. The lowest BCUT2D eigenvalue weighted by molar-refractivity contribution is 0.520. The van der Waals surface area contributed by atoms with Gasteiger partial charge in [0.05, 0.1) is 5.69 Å². The van der Waals surface area contributed by atoms with Gasteiger partial charge in [-0.2, -0.15) is 0 Å². The summed E-state index contributed by atoms with van der Waals surface area (Å²) in [5.74, 6) is 0. The highest BCUT2D eigenvalue weighted by Crippen LogP contribution is 2.35. The van der Waals surface area contributed by atoms with Gasteiger partial charge in [-0.25, -0.2) is 12.7 Å². The lowest BCUT2D eigenvalue weighted by Crippen LogP contribution is -2.30. The first kappa shape index (κ1) is 13.3. The molecule has 0 aliphatic carbocycles. The predicted molar refractivity (Wildman–Crippen MR) is 72.3 cm³/mol. The number of sulfonamides is 1. The normalized spacial score (nSPS) is 15.2. The van der Waals surface area contributed by atoms with Crippen LogP contribution in [0.25, 0.3) is 0 Å².